The Bertz CT molecular complexity index is 265. The van der Waals surface area contributed by atoms with E-state index < -0.39 is 0 Å². The van der Waals surface area contributed by atoms with Gasteiger partial charge in [-0.2, -0.15) is 12.6 Å². The standard InChI is InChI=1S/C14H28N2OS/c1-11(2)7-12(9-16(3)4)15-13(17)8-14(10-18)5-6-14/h11-12,18H,5-10H2,1-4H3,(H,15,17). The molecule has 0 aromatic rings. The second kappa shape index (κ2) is 6.80. The van der Waals surface area contributed by atoms with Crippen LogP contribution in [0.2, 0.25) is 0 Å². The van der Waals surface area contributed by atoms with Gasteiger partial charge in [0.2, 0.25) is 5.91 Å². The Morgan fingerprint density at radius 1 is 1.39 bits per heavy atom. The number of nitrogens with zero attached hydrogens (tertiary/aromatic N) is 1. The van der Waals surface area contributed by atoms with E-state index in [1.165, 1.54) is 0 Å². The van der Waals surface area contributed by atoms with Gasteiger partial charge >= 0.3 is 0 Å². The molecule has 0 bridgehead atoms. The highest BCUT2D eigenvalue weighted by molar-refractivity contribution is 7.80. The van der Waals surface area contributed by atoms with Crippen molar-refractivity contribution in [3.05, 3.63) is 0 Å². The lowest BCUT2D eigenvalue weighted by Gasteiger charge is -2.25. The quantitative estimate of drug-likeness (QED) is 0.664. The number of carbonyl (C=O) groups is 1. The zero-order valence-electron chi connectivity index (χ0n) is 12.2. The average molecular weight is 272 g/mol. The van der Waals surface area contributed by atoms with Gasteiger partial charge in [0.1, 0.15) is 0 Å². The first-order valence-electron chi connectivity index (χ1n) is 6.92. The maximum absolute atomic E-state index is 12.1. The van der Waals surface area contributed by atoms with E-state index in [-0.39, 0.29) is 17.4 Å². The first-order chi connectivity index (χ1) is 8.37. The van der Waals surface area contributed by atoms with Crippen LogP contribution in [0.3, 0.4) is 0 Å². The summed E-state index contributed by atoms with van der Waals surface area (Å²) in [6, 6.07) is 0.267. The minimum Gasteiger partial charge on any atom is -0.352 e. The molecule has 1 saturated carbocycles. The molecule has 1 aliphatic rings. The molecule has 0 saturated heterocycles. The van der Waals surface area contributed by atoms with Crippen LogP contribution in [-0.4, -0.2) is 43.2 Å². The van der Waals surface area contributed by atoms with Gasteiger partial charge in [0, 0.05) is 19.0 Å². The molecular formula is C14H28N2OS. The van der Waals surface area contributed by atoms with E-state index in [9.17, 15) is 4.79 Å². The third kappa shape index (κ3) is 5.61. The number of nitrogens with one attached hydrogen (secondary N) is 1. The van der Waals surface area contributed by atoms with E-state index in [1.54, 1.807) is 0 Å². The van der Waals surface area contributed by atoms with E-state index >= 15 is 0 Å². The van der Waals surface area contributed by atoms with Crippen LogP contribution in [0.1, 0.15) is 39.5 Å². The van der Waals surface area contributed by atoms with Crippen LogP contribution in [0.5, 0.6) is 0 Å². The molecule has 1 amide bonds. The minimum absolute atomic E-state index is 0.203. The molecule has 1 aliphatic carbocycles. The summed E-state index contributed by atoms with van der Waals surface area (Å²) in [5.74, 6) is 1.65. The molecule has 1 atom stereocenters. The smallest absolute Gasteiger partial charge is 0.220 e. The van der Waals surface area contributed by atoms with Gasteiger partial charge < -0.3 is 10.2 Å². The number of carbonyl (C=O) groups excluding carboxylic acids is 1. The van der Waals surface area contributed by atoms with Crippen LogP contribution in [0.4, 0.5) is 0 Å². The lowest BCUT2D eigenvalue weighted by atomic mass is 10.0. The van der Waals surface area contributed by atoms with Crippen molar-refractivity contribution in [2.24, 2.45) is 11.3 Å². The molecule has 18 heavy (non-hydrogen) atoms. The highest BCUT2D eigenvalue weighted by Crippen LogP contribution is 2.49. The van der Waals surface area contributed by atoms with E-state index in [2.05, 4.69) is 50.8 Å². The van der Waals surface area contributed by atoms with Crippen LogP contribution in [0.15, 0.2) is 0 Å². The first-order valence-corrected chi connectivity index (χ1v) is 7.55. The zero-order chi connectivity index (χ0) is 13.8. The fourth-order valence-corrected chi connectivity index (χ4v) is 2.80. The van der Waals surface area contributed by atoms with E-state index in [0.717, 1.165) is 31.6 Å². The van der Waals surface area contributed by atoms with Crippen LogP contribution in [-0.2, 0) is 4.79 Å². The minimum atomic E-state index is 0.203. The van der Waals surface area contributed by atoms with Gasteiger partial charge in [0.15, 0.2) is 0 Å². The molecule has 1 rings (SSSR count). The summed E-state index contributed by atoms with van der Waals surface area (Å²) >= 11 is 4.35. The Hall–Kier alpha value is -0.220. The number of thiol groups is 1. The van der Waals surface area contributed by atoms with Crippen molar-refractivity contribution < 1.29 is 4.79 Å². The molecule has 4 heteroatoms. The molecule has 1 fully saturated rings. The third-order valence-corrected chi connectivity index (χ3v) is 4.21. The van der Waals surface area contributed by atoms with Crippen molar-refractivity contribution >= 4 is 18.5 Å². The lowest BCUT2D eigenvalue weighted by Crippen LogP contribution is -2.43. The molecule has 0 spiro atoms. The van der Waals surface area contributed by atoms with Crippen molar-refractivity contribution in [2.75, 3.05) is 26.4 Å². The topological polar surface area (TPSA) is 32.3 Å². The van der Waals surface area contributed by atoms with E-state index in [1.807, 2.05) is 0 Å². The second-order valence-corrected chi connectivity index (χ2v) is 6.81. The van der Waals surface area contributed by atoms with Crippen molar-refractivity contribution in [3.8, 4) is 0 Å². The molecule has 0 aromatic heterocycles. The monoisotopic (exact) mass is 272 g/mol. The fourth-order valence-electron chi connectivity index (χ4n) is 2.38. The number of amides is 1. The molecule has 3 nitrogen and oxygen atoms in total. The molecule has 1 unspecified atom stereocenters. The summed E-state index contributed by atoms with van der Waals surface area (Å²) in [4.78, 5) is 14.2. The second-order valence-electron chi connectivity index (χ2n) is 6.49. The summed E-state index contributed by atoms with van der Waals surface area (Å²) in [6.07, 6.45) is 4.01. The Balaban J connectivity index is 2.41. The number of hydrogen-bond donors (Lipinski definition) is 2. The molecule has 106 valence electrons. The number of hydrogen-bond acceptors (Lipinski definition) is 3. The molecule has 0 aliphatic heterocycles. The van der Waals surface area contributed by atoms with E-state index in [0.29, 0.717) is 12.3 Å². The molecule has 0 radical (unpaired) electrons. The molecule has 1 N–H and O–H groups in total. The maximum atomic E-state index is 12.1. The summed E-state index contributed by atoms with van der Waals surface area (Å²) < 4.78 is 0. The Kier molecular flexibility index (Phi) is 5.99. The van der Waals surface area contributed by atoms with Crippen LogP contribution < -0.4 is 5.32 Å². The Morgan fingerprint density at radius 2 is 2.00 bits per heavy atom. The average Bonchev–Trinajstić information content (AvgIpc) is 2.95. The SMILES string of the molecule is CC(C)CC(CN(C)C)NC(=O)CC1(CS)CC1. The van der Waals surface area contributed by atoms with E-state index in [4.69, 9.17) is 0 Å². The molecular weight excluding hydrogens is 244 g/mol. The Morgan fingerprint density at radius 3 is 2.39 bits per heavy atom. The van der Waals surface area contributed by atoms with Gasteiger partial charge in [-0.15, -0.1) is 0 Å². The van der Waals surface area contributed by atoms with Crippen molar-refractivity contribution in [2.45, 2.75) is 45.6 Å². The van der Waals surface area contributed by atoms with Crippen LogP contribution in [0, 0.1) is 11.3 Å². The van der Waals surface area contributed by atoms with Gasteiger partial charge in [-0.3, -0.25) is 4.79 Å². The van der Waals surface area contributed by atoms with Crippen LogP contribution >= 0.6 is 12.6 Å². The predicted octanol–water partition coefficient (Wildman–Crippen LogP) is 2.18. The number of likely N-dealkylation sites (N-methyl/N-ethyl adjacent to an activating group) is 1. The molecule has 0 aromatic carbocycles. The predicted molar refractivity (Wildman–Crippen MR) is 80.1 cm³/mol. The van der Waals surface area contributed by atoms with Gasteiger partial charge in [-0.1, -0.05) is 13.8 Å². The summed E-state index contributed by atoms with van der Waals surface area (Å²) in [5, 5.41) is 3.20. The zero-order valence-corrected chi connectivity index (χ0v) is 13.1. The maximum Gasteiger partial charge on any atom is 0.220 e. The highest BCUT2D eigenvalue weighted by atomic mass is 32.1. The lowest BCUT2D eigenvalue weighted by molar-refractivity contribution is -0.123. The largest absolute Gasteiger partial charge is 0.352 e. The number of rotatable bonds is 8. The van der Waals surface area contributed by atoms with Crippen LogP contribution in [0.25, 0.3) is 0 Å². The van der Waals surface area contributed by atoms with Crippen molar-refractivity contribution in [1.82, 2.24) is 10.2 Å². The Labute approximate surface area is 117 Å². The van der Waals surface area contributed by atoms with Crippen molar-refractivity contribution in [3.63, 3.8) is 0 Å². The normalized spacial score (nSPS) is 19.1. The summed E-state index contributed by atoms with van der Waals surface area (Å²) in [7, 11) is 4.10. The summed E-state index contributed by atoms with van der Waals surface area (Å²) in [6.45, 7) is 5.31. The fraction of sp³-hybridized carbons (Fsp3) is 0.929. The van der Waals surface area contributed by atoms with Crippen molar-refractivity contribution in [1.29, 1.82) is 0 Å². The summed E-state index contributed by atoms with van der Waals surface area (Å²) in [5.41, 5.74) is 0.216. The molecule has 0 heterocycles. The van der Waals surface area contributed by atoms with Gasteiger partial charge in [-0.05, 0) is 50.4 Å². The van der Waals surface area contributed by atoms with Gasteiger partial charge in [0.25, 0.3) is 0 Å². The van der Waals surface area contributed by atoms with Gasteiger partial charge in [-0.25, -0.2) is 0 Å². The third-order valence-electron chi connectivity index (χ3n) is 3.53. The highest BCUT2D eigenvalue weighted by Gasteiger charge is 2.43. The van der Waals surface area contributed by atoms with Gasteiger partial charge in [0.05, 0.1) is 0 Å². The first kappa shape index (κ1) is 15.8.